The van der Waals surface area contributed by atoms with Crippen LogP contribution < -0.4 is 5.73 Å². The van der Waals surface area contributed by atoms with Crippen LogP contribution in [0.5, 0.6) is 0 Å². The van der Waals surface area contributed by atoms with E-state index in [1.807, 2.05) is 0 Å². The molecule has 0 aromatic rings. The molecule has 0 aliphatic rings. The van der Waals surface area contributed by atoms with E-state index < -0.39 is 0 Å². The highest BCUT2D eigenvalue weighted by Crippen LogP contribution is 2.08. The second-order valence-electron chi connectivity index (χ2n) is 2.82. The topological polar surface area (TPSA) is 43.1 Å². The average Bonchev–Trinajstić information content (AvgIpc) is 2.03. The normalized spacial score (nSPS) is 9.75. The van der Waals surface area contributed by atoms with Gasteiger partial charge < -0.3 is 5.73 Å². The number of carbonyl (C=O) groups excluding carboxylic acids is 1. The van der Waals surface area contributed by atoms with Crippen LogP contribution in [0.4, 0.5) is 0 Å². The lowest BCUT2D eigenvalue weighted by Gasteiger charge is -2.00. The van der Waals surface area contributed by atoms with Crippen molar-refractivity contribution in [3.8, 4) is 0 Å². The van der Waals surface area contributed by atoms with Gasteiger partial charge >= 0.3 is 0 Å². The Labute approximate surface area is 78.8 Å². The van der Waals surface area contributed by atoms with Crippen molar-refractivity contribution in [3.63, 3.8) is 0 Å². The van der Waals surface area contributed by atoms with Gasteiger partial charge in [-0.15, -0.1) is 11.6 Å². The van der Waals surface area contributed by atoms with Gasteiger partial charge in [0.05, 0.1) is 0 Å². The van der Waals surface area contributed by atoms with Gasteiger partial charge in [0.15, 0.2) is 0 Å². The van der Waals surface area contributed by atoms with Gasteiger partial charge in [-0.1, -0.05) is 19.4 Å². The van der Waals surface area contributed by atoms with Crippen molar-refractivity contribution in [1.82, 2.24) is 0 Å². The van der Waals surface area contributed by atoms with Gasteiger partial charge in [-0.2, -0.15) is 0 Å². The quantitative estimate of drug-likeness (QED) is 0.373. The summed E-state index contributed by atoms with van der Waals surface area (Å²) in [6, 6.07) is 0. The molecular formula is C9H16ClNO. The number of rotatable bonds is 7. The molecule has 0 spiro atoms. The Bertz CT molecular complexity index is 157. The van der Waals surface area contributed by atoms with Gasteiger partial charge in [0.1, 0.15) is 0 Å². The number of primary amides is 1. The summed E-state index contributed by atoms with van der Waals surface area (Å²) in [5.41, 5.74) is 5.55. The molecule has 3 heteroatoms. The van der Waals surface area contributed by atoms with Crippen LogP contribution in [0.1, 0.15) is 32.1 Å². The van der Waals surface area contributed by atoms with Crippen LogP contribution in [-0.2, 0) is 4.79 Å². The van der Waals surface area contributed by atoms with E-state index in [1.165, 1.54) is 0 Å². The van der Waals surface area contributed by atoms with Crippen LogP contribution in [0.3, 0.4) is 0 Å². The zero-order valence-corrected chi connectivity index (χ0v) is 8.07. The molecule has 0 saturated carbocycles. The number of hydrogen-bond donors (Lipinski definition) is 1. The van der Waals surface area contributed by atoms with E-state index in [0.29, 0.717) is 5.57 Å². The summed E-state index contributed by atoms with van der Waals surface area (Å²) >= 11 is 5.50. The predicted molar refractivity (Wildman–Crippen MR) is 52.1 cm³/mol. The molecule has 1 amide bonds. The van der Waals surface area contributed by atoms with E-state index >= 15 is 0 Å². The van der Waals surface area contributed by atoms with Crippen LogP contribution in [0, 0.1) is 0 Å². The number of unbranched alkanes of at least 4 members (excludes halogenated alkanes) is 3. The Morgan fingerprint density at radius 3 is 2.33 bits per heavy atom. The maximum atomic E-state index is 10.5. The molecule has 0 aliphatic carbocycles. The Kier molecular flexibility index (Phi) is 6.87. The number of amides is 1. The molecule has 0 aliphatic heterocycles. The van der Waals surface area contributed by atoms with Crippen LogP contribution in [-0.4, -0.2) is 11.8 Å². The number of halogens is 1. The van der Waals surface area contributed by atoms with E-state index in [2.05, 4.69) is 6.58 Å². The third-order valence-corrected chi connectivity index (χ3v) is 1.98. The first-order valence-corrected chi connectivity index (χ1v) is 4.75. The van der Waals surface area contributed by atoms with E-state index in [9.17, 15) is 4.79 Å². The number of nitrogens with two attached hydrogens (primary N) is 1. The zero-order chi connectivity index (χ0) is 9.40. The van der Waals surface area contributed by atoms with Gasteiger partial charge in [-0.05, 0) is 19.3 Å². The average molecular weight is 190 g/mol. The monoisotopic (exact) mass is 189 g/mol. The fraction of sp³-hybridized carbons (Fsp3) is 0.667. The Hall–Kier alpha value is -0.500. The number of carbonyl (C=O) groups is 1. The van der Waals surface area contributed by atoms with Gasteiger partial charge in [-0.25, -0.2) is 0 Å². The summed E-state index contributed by atoms with van der Waals surface area (Å²) in [7, 11) is 0. The fourth-order valence-electron chi connectivity index (χ4n) is 0.910. The highest BCUT2D eigenvalue weighted by Gasteiger charge is 1.99. The lowest BCUT2D eigenvalue weighted by molar-refractivity contribution is -0.114. The Morgan fingerprint density at radius 2 is 1.83 bits per heavy atom. The van der Waals surface area contributed by atoms with E-state index in [1.54, 1.807) is 0 Å². The maximum absolute atomic E-state index is 10.5. The minimum absolute atomic E-state index is 0.382. The first-order valence-electron chi connectivity index (χ1n) is 4.22. The molecular weight excluding hydrogens is 174 g/mol. The maximum Gasteiger partial charge on any atom is 0.244 e. The molecule has 0 atom stereocenters. The van der Waals surface area contributed by atoms with Crippen molar-refractivity contribution in [2.45, 2.75) is 32.1 Å². The highest BCUT2D eigenvalue weighted by molar-refractivity contribution is 6.17. The second kappa shape index (κ2) is 7.17. The number of alkyl halides is 1. The molecule has 0 unspecified atom stereocenters. The van der Waals surface area contributed by atoms with Gasteiger partial charge in [0, 0.05) is 11.5 Å². The molecule has 2 N–H and O–H groups in total. The minimum Gasteiger partial charge on any atom is -0.366 e. The summed E-state index contributed by atoms with van der Waals surface area (Å²) in [5.74, 6) is 0.337. The standard InChI is InChI=1S/C9H16ClNO/c1-8(9(11)12)6-4-2-3-5-7-10/h1-7H2,(H2,11,12). The third kappa shape index (κ3) is 6.23. The molecule has 0 bridgehead atoms. The first-order chi connectivity index (χ1) is 5.68. The van der Waals surface area contributed by atoms with Crippen molar-refractivity contribution in [1.29, 1.82) is 0 Å². The molecule has 0 fully saturated rings. The third-order valence-electron chi connectivity index (χ3n) is 1.71. The summed E-state index contributed by atoms with van der Waals surface area (Å²) in [6.07, 6.45) is 4.97. The van der Waals surface area contributed by atoms with Gasteiger partial charge in [0.25, 0.3) is 0 Å². The largest absolute Gasteiger partial charge is 0.366 e. The van der Waals surface area contributed by atoms with E-state index in [-0.39, 0.29) is 5.91 Å². The van der Waals surface area contributed by atoms with Crippen LogP contribution in [0.15, 0.2) is 12.2 Å². The van der Waals surface area contributed by atoms with Crippen molar-refractivity contribution in [2.24, 2.45) is 5.73 Å². The molecule has 0 aromatic carbocycles. The molecule has 2 nitrogen and oxygen atoms in total. The fourth-order valence-corrected chi connectivity index (χ4v) is 1.10. The lowest BCUT2D eigenvalue weighted by Crippen LogP contribution is -2.12. The molecule has 0 saturated heterocycles. The van der Waals surface area contributed by atoms with Crippen molar-refractivity contribution in [3.05, 3.63) is 12.2 Å². The minimum atomic E-state index is -0.382. The second-order valence-corrected chi connectivity index (χ2v) is 3.20. The summed E-state index contributed by atoms with van der Waals surface area (Å²) in [6.45, 7) is 3.57. The summed E-state index contributed by atoms with van der Waals surface area (Å²) < 4.78 is 0. The molecule has 70 valence electrons. The lowest BCUT2D eigenvalue weighted by atomic mass is 10.1. The molecule has 12 heavy (non-hydrogen) atoms. The van der Waals surface area contributed by atoms with Gasteiger partial charge in [-0.3, -0.25) is 4.79 Å². The van der Waals surface area contributed by atoms with Crippen LogP contribution in [0.2, 0.25) is 0 Å². The van der Waals surface area contributed by atoms with Crippen molar-refractivity contribution >= 4 is 17.5 Å². The predicted octanol–water partition coefficient (Wildman–Crippen LogP) is 2.22. The van der Waals surface area contributed by atoms with E-state index in [0.717, 1.165) is 38.0 Å². The molecule has 0 rings (SSSR count). The molecule has 0 radical (unpaired) electrons. The number of hydrogen-bond acceptors (Lipinski definition) is 1. The Balaban J connectivity index is 3.20. The van der Waals surface area contributed by atoms with Crippen molar-refractivity contribution < 1.29 is 4.79 Å². The van der Waals surface area contributed by atoms with Gasteiger partial charge in [0.2, 0.25) is 5.91 Å². The smallest absolute Gasteiger partial charge is 0.244 e. The molecule has 0 aromatic heterocycles. The zero-order valence-electron chi connectivity index (χ0n) is 7.31. The first kappa shape index (κ1) is 11.5. The van der Waals surface area contributed by atoms with Crippen LogP contribution >= 0.6 is 11.6 Å². The molecule has 0 heterocycles. The van der Waals surface area contributed by atoms with Crippen molar-refractivity contribution in [2.75, 3.05) is 5.88 Å². The Morgan fingerprint density at radius 1 is 1.25 bits per heavy atom. The SMILES string of the molecule is C=C(CCCCCCCl)C(N)=O. The summed E-state index contributed by atoms with van der Waals surface area (Å²) in [4.78, 5) is 10.5. The highest BCUT2D eigenvalue weighted by atomic mass is 35.5. The summed E-state index contributed by atoms with van der Waals surface area (Å²) in [5, 5.41) is 0. The van der Waals surface area contributed by atoms with Crippen LogP contribution in [0.25, 0.3) is 0 Å². The van der Waals surface area contributed by atoms with E-state index in [4.69, 9.17) is 17.3 Å².